The highest BCUT2D eigenvalue weighted by Gasteiger charge is 2.34. The molecule has 0 spiro atoms. The summed E-state index contributed by atoms with van der Waals surface area (Å²) in [6, 6.07) is 13.8. The molecule has 1 aliphatic heterocycles. The van der Waals surface area contributed by atoms with Crippen LogP contribution >= 0.6 is 15.9 Å². The molecule has 1 atom stereocenters. The molecular weight excluding hydrogens is 312 g/mol. The molecule has 1 saturated carbocycles. The molecule has 1 heterocycles. The number of benzene rings is 2. The lowest BCUT2D eigenvalue weighted by atomic mass is 10.0. The van der Waals surface area contributed by atoms with Crippen LogP contribution in [0.2, 0.25) is 0 Å². The molecular formula is C17H19BrN2. The molecule has 2 aromatic carbocycles. The summed E-state index contributed by atoms with van der Waals surface area (Å²) in [5, 5.41) is 6.36. The van der Waals surface area contributed by atoms with Gasteiger partial charge < -0.3 is 10.2 Å². The SMILES string of the molecule is Brc1ccc(N2CCNC(C3CC3)C2)c2ccccc12. The van der Waals surface area contributed by atoms with Crippen molar-refractivity contribution in [1.82, 2.24) is 5.32 Å². The average molecular weight is 331 g/mol. The van der Waals surface area contributed by atoms with Gasteiger partial charge in [0.1, 0.15) is 0 Å². The van der Waals surface area contributed by atoms with Crippen molar-refractivity contribution >= 4 is 32.4 Å². The van der Waals surface area contributed by atoms with E-state index < -0.39 is 0 Å². The molecule has 2 aliphatic rings. The van der Waals surface area contributed by atoms with Crippen LogP contribution in [0, 0.1) is 5.92 Å². The number of piperazine rings is 1. The molecule has 3 heteroatoms. The zero-order chi connectivity index (χ0) is 13.5. The van der Waals surface area contributed by atoms with Crippen molar-refractivity contribution in [1.29, 1.82) is 0 Å². The second-order valence-electron chi connectivity index (χ2n) is 5.96. The molecule has 0 radical (unpaired) electrons. The fourth-order valence-corrected chi connectivity index (χ4v) is 3.81. The third-order valence-electron chi connectivity index (χ3n) is 4.58. The van der Waals surface area contributed by atoms with Gasteiger partial charge in [0.2, 0.25) is 0 Å². The van der Waals surface area contributed by atoms with Crippen molar-refractivity contribution in [2.75, 3.05) is 24.5 Å². The molecule has 1 unspecified atom stereocenters. The van der Waals surface area contributed by atoms with Gasteiger partial charge in [-0.2, -0.15) is 0 Å². The standard InChI is InChI=1S/C17H19BrN2/c18-15-7-8-17(14-4-2-1-3-13(14)15)20-10-9-19-16(11-20)12-5-6-12/h1-4,7-8,12,16,19H,5-6,9-11H2. The zero-order valence-electron chi connectivity index (χ0n) is 11.5. The fraction of sp³-hybridized carbons (Fsp3) is 0.412. The lowest BCUT2D eigenvalue weighted by molar-refractivity contribution is 0.419. The van der Waals surface area contributed by atoms with E-state index in [1.165, 1.54) is 33.8 Å². The van der Waals surface area contributed by atoms with E-state index in [1.54, 1.807) is 0 Å². The van der Waals surface area contributed by atoms with Crippen LogP contribution in [-0.2, 0) is 0 Å². The van der Waals surface area contributed by atoms with Crippen LogP contribution in [0.5, 0.6) is 0 Å². The fourth-order valence-electron chi connectivity index (χ4n) is 3.33. The monoisotopic (exact) mass is 330 g/mol. The van der Waals surface area contributed by atoms with Crippen LogP contribution in [0.1, 0.15) is 12.8 Å². The molecule has 4 rings (SSSR count). The summed E-state index contributed by atoms with van der Waals surface area (Å²) in [6.07, 6.45) is 2.82. The Kier molecular flexibility index (Phi) is 3.20. The molecule has 2 nitrogen and oxygen atoms in total. The summed E-state index contributed by atoms with van der Waals surface area (Å²) >= 11 is 3.67. The van der Waals surface area contributed by atoms with E-state index in [0.29, 0.717) is 6.04 Å². The van der Waals surface area contributed by atoms with E-state index in [4.69, 9.17) is 0 Å². The highest BCUT2D eigenvalue weighted by Crippen LogP contribution is 2.36. The average Bonchev–Trinajstić information content (AvgIpc) is 3.33. The first kappa shape index (κ1) is 12.7. The van der Waals surface area contributed by atoms with E-state index in [-0.39, 0.29) is 0 Å². The molecule has 0 bridgehead atoms. The van der Waals surface area contributed by atoms with Gasteiger partial charge in [0.05, 0.1) is 0 Å². The third-order valence-corrected chi connectivity index (χ3v) is 5.28. The second kappa shape index (κ2) is 5.05. The van der Waals surface area contributed by atoms with Crippen molar-refractivity contribution < 1.29 is 0 Å². The zero-order valence-corrected chi connectivity index (χ0v) is 13.1. The van der Waals surface area contributed by atoms with E-state index in [0.717, 1.165) is 25.6 Å². The van der Waals surface area contributed by atoms with Crippen LogP contribution < -0.4 is 10.2 Å². The molecule has 104 valence electrons. The van der Waals surface area contributed by atoms with Gasteiger partial charge in [0, 0.05) is 41.2 Å². The quantitative estimate of drug-likeness (QED) is 0.901. The summed E-state index contributed by atoms with van der Waals surface area (Å²) < 4.78 is 1.19. The minimum Gasteiger partial charge on any atom is -0.368 e. The smallest absolute Gasteiger partial charge is 0.0447 e. The topological polar surface area (TPSA) is 15.3 Å². The Bertz CT molecular complexity index is 636. The molecule has 2 fully saturated rings. The predicted molar refractivity (Wildman–Crippen MR) is 88.4 cm³/mol. The van der Waals surface area contributed by atoms with Crippen LogP contribution in [0.15, 0.2) is 40.9 Å². The minimum absolute atomic E-state index is 0.686. The van der Waals surface area contributed by atoms with Crippen molar-refractivity contribution in [3.63, 3.8) is 0 Å². The van der Waals surface area contributed by atoms with Gasteiger partial charge in [-0.1, -0.05) is 40.2 Å². The molecule has 1 aliphatic carbocycles. The number of nitrogens with one attached hydrogen (secondary N) is 1. The Labute approximate surface area is 128 Å². The Morgan fingerprint density at radius 1 is 1.05 bits per heavy atom. The van der Waals surface area contributed by atoms with Gasteiger partial charge in [-0.3, -0.25) is 0 Å². The van der Waals surface area contributed by atoms with Crippen molar-refractivity contribution in [2.45, 2.75) is 18.9 Å². The normalized spacial score (nSPS) is 23.2. The van der Waals surface area contributed by atoms with Gasteiger partial charge in [-0.25, -0.2) is 0 Å². The van der Waals surface area contributed by atoms with Crippen LogP contribution in [0.3, 0.4) is 0 Å². The summed E-state index contributed by atoms with van der Waals surface area (Å²) in [7, 11) is 0. The summed E-state index contributed by atoms with van der Waals surface area (Å²) in [5.74, 6) is 0.916. The Hall–Kier alpha value is -1.06. The first-order chi connectivity index (χ1) is 9.83. The summed E-state index contributed by atoms with van der Waals surface area (Å²) in [6.45, 7) is 3.36. The molecule has 2 aromatic rings. The molecule has 0 aromatic heterocycles. The maximum atomic E-state index is 3.69. The number of hydrogen-bond donors (Lipinski definition) is 1. The lowest BCUT2D eigenvalue weighted by Crippen LogP contribution is -2.51. The van der Waals surface area contributed by atoms with Crippen LogP contribution in [-0.4, -0.2) is 25.7 Å². The number of fused-ring (bicyclic) bond motifs is 1. The first-order valence-electron chi connectivity index (χ1n) is 7.48. The first-order valence-corrected chi connectivity index (χ1v) is 8.28. The molecule has 1 N–H and O–H groups in total. The van der Waals surface area contributed by atoms with E-state index in [1.807, 2.05) is 0 Å². The molecule has 0 amide bonds. The molecule has 1 saturated heterocycles. The Balaban J connectivity index is 1.72. The van der Waals surface area contributed by atoms with Gasteiger partial charge in [-0.05, 0) is 36.3 Å². The van der Waals surface area contributed by atoms with Crippen LogP contribution in [0.25, 0.3) is 10.8 Å². The van der Waals surface area contributed by atoms with E-state index >= 15 is 0 Å². The van der Waals surface area contributed by atoms with Gasteiger partial charge in [-0.15, -0.1) is 0 Å². The third kappa shape index (κ3) is 2.23. The summed E-state index contributed by atoms with van der Waals surface area (Å²) in [5.41, 5.74) is 1.39. The number of anilines is 1. The van der Waals surface area contributed by atoms with Crippen molar-refractivity contribution in [2.24, 2.45) is 5.92 Å². The Morgan fingerprint density at radius 3 is 2.65 bits per heavy atom. The van der Waals surface area contributed by atoms with Gasteiger partial charge >= 0.3 is 0 Å². The maximum Gasteiger partial charge on any atom is 0.0447 e. The number of rotatable bonds is 2. The number of halogens is 1. The number of hydrogen-bond acceptors (Lipinski definition) is 2. The second-order valence-corrected chi connectivity index (χ2v) is 6.81. The Morgan fingerprint density at radius 2 is 1.85 bits per heavy atom. The van der Waals surface area contributed by atoms with Gasteiger partial charge in [0.25, 0.3) is 0 Å². The van der Waals surface area contributed by atoms with E-state index in [9.17, 15) is 0 Å². The maximum absolute atomic E-state index is 3.69. The highest BCUT2D eigenvalue weighted by molar-refractivity contribution is 9.10. The van der Waals surface area contributed by atoms with Crippen molar-refractivity contribution in [3.8, 4) is 0 Å². The van der Waals surface area contributed by atoms with Gasteiger partial charge in [0.15, 0.2) is 0 Å². The minimum atomic E-state index is 0.686. The highest BCUT2D eigenvalue weighted by atomic mass is 79.9. The lowest BCUT2D eigenvalue weighted by Gasteiger charge is -2.36. The van der Waals surface area contributed by atoms with E-state index in [2.05, 4.69) is 62.5 Å². The predicted octanol–water partition coefficient (Wildman–Crippen LogP) is 3.79. The van der Waals surface area contributed by atoms with Crippen molar-refractivity contribution in [3.05, 3.63) is 40.9 Å². The largest absolute Gasteiger partial charge is 0.368 e. The number of nitrogens with zero attached hydrogens (tertiary/aromatic N) is 1. The summed E-state index contributed by atoms with van der Waals surface area (Å²) in [4.78, 5) is 2.56. The van der Waals surface area contributed by atoms with Crippen LogP contribution in [0.4, 0.5) is 5.69 Å². The molecule has 20 heavy (non-hydrogen) atoms.